The van der Waals surface area contributed by atoms with Gasteiger partial charge in [0.25, 0.3) is 5.91 Å². The third-order valence-electron chi connectivity index (χ3n) is 2.68. The Morgan fingerprint density at radius 3 is 2.00 bits per heavy atom. The van der Waals surface area contributed by atoms with Crippen molar-refractivity contribution in [3.8, 4) is 6.07 Å². The standard InChI is InChI=1S/C15H13N3O/c1-17-15(19)12-4-8-14(9-5-12)18-13-6-2-11(10-16)3-7-13/h2-9,18H,1H3,(H,17,19). The predicted molar refractivity (Wildman–Crippen MR) is 74.3 cm³/mol. The molecule has 0 aliphatic heterocycles. The highest BCUT2D eigenvalue weighted by Gasteiger charge is 2.02. The van der Waals surface area contributed by atoms with Gasteiger partial charge in [0.2, 0.25) is 0 Å². The van der Waals surface area contributed by atoms with Crippen molar-refractivity contribution in [1.82, 2.24) is 5.32 Å². The second-order valence-corrected chi connectivity index (χ2v) is 3.97. The lowest BCUT2D eigenvalue weighted by atomic mass is 10.2. The fraction of sp³-hybridized carbons (Fsp3) is 0.0667. The van der Waals surface area contributed by atoms with Crippen LogP contribution >= 0.6 is 0 Å². The number of anilines is 2. The number of amides is 1. The van der Waals surface area contributed by atoms with E-state index in [-0.39, 0.29) is 5.91 Å². The molecule has 0 radical (unpaired) electrons. The Morgan fingerprint density at radius 1 is 1.00 bits per heavy atom. The number of nitrogens with zero attached hydrogens (tertiary/aromatic N) is 1. The van der Waals surface area contributed by atoms with Crippen LogP contribution in [0.1, 0.15) is 15.9 Å². The molecule has 0 fully saturated rings. The minimum absolute atomic E-state index is 0.107. The van der Waals surface area contributed by atoms with Crippen LogP contribution in [-0.2, 0) is 0 Å². The molecule has 0 heterocycles. The molecule has 0 saturated heterocycles. The van der Waals surface area contributed by atoms with Crippen molar-refractivity contribution in [3.63, 3.8) is 0 Å². The average Bonchev–Trinajstić information content (AvgIpc) is 2.48. The van der Waals surface area contributed by atoms with Crippen LogP contribution in [0.2, 0.25) is 0 Å². The lowest BCUT2D eigenvalue weighted by molar-refractivity contribution is 0.0963. The van der Waals surface area contributed by atoms with Crippen molar-refractivity contribution in [1.29, 1.82) is 5.26 Å². The Hall–Kier alpha value is -2.80. The van der Waals surface area contributed by atoms with Crippen LogP contribution in [0.25, 0.3) is 0 Å². The van der Waals surface area contributed by atoms with Crippen LogP contribution in [0.3, 0.4) is 0 Å². The third kappa shape index (κ3) is 3.11. The van der Waals surface area contributed by atoms with Crippen molar-refractivity contribution < 1.29 is 4.79 Å². The van der Waals surface area contributed by atoms with E-state index in [4.69, 9.17) is 5.26 Å². The molecule has 4 heteroatoms. The Balaban J connectivity index is 2.10. The lowest BCUT2D eigenvalue weighted by Crippen LogP contribution is -2.17. The highest BCUT2D eigenvalue weighted by Crippen LogP contribution is 2.17. The average molecular weight is 251 g/mol. The number of hydrogen-bond donors (Lipinski definition) is 2. The molecule has 2 N–H and O–H groups in total. The van der Waals surface area contributed by atoms with Gasteiger partial charge in [0.1, 0.15) is 0 Å². The van der Waals surface area contributed by atoms with Gasteiger partial charge in [-0.15, -0.1) is 0 Å². The summed E-state index contributed by atoms with van der Waals surface area (Å²) in [4.78, 5) is 11.4. The number of nitriles is 1. The molecule has 0 saturated carbocycles. The highest BCUT2D eigenvalue weighted by molar-refractivity contribution is 5.94. The zero-order chi connectivity index (χ0) is 13.7. The Labute approximate surface area is 111 Å². The maximum atomic E-state index is 11.4. The van der Waals surface area contributed by atoms with E-state index >= 15 is 0 Å². The molecule has 0 atom stereocenters. The van der Waals surface area contributed by atoms with Crippen molar-refractivity contribution in [3.05, 3.63) is 59.7 Å². The number of benzene rings is 2. The van der Waals surface area contributed by atoms with E-state index in [1.807, 2.05) is 24.3 Å². The summed E-state index contributed by atoms with van der Waals surface area (Å²) >= 11 is 0. The number of nitrogens with one attached hydrogen (secondary N) is 2. The van der Waals surface area contributed by atoms with E-state index in [2.05, 4.69) is 16.7 Å². The van der Waals surface area contributed by atoms with Gasteiger partial charge >= 0.3 is 0 Å². The minimum Gasteiger partial charge on any atom is -0.356 e. The van der Waals surface area contributed by atoms with Crippen LogP contribution in [0.5, 0.6) is 0 Å². The largest absolute Gasteiger partial charge is 0.356 e. The first-order valence-corrected chi connectivity index (χ1v) is 5.82. The van der Waals surface area contributed by atoms with Crippen molar-refractivity contribution in [2.75, 3.05) is 12.4 Å². The van der Waals surface area contributed by atoms with E-state index in [1.165, 1.54) is 0 Å². The summed E-state index contributed by atoms with van der Waals surface area (Å²) in [6, 6.07) is 16.4. The summed E-state index contributed by atoms with van der Waals surface area (Å²) in [5.74, 6) is -0.107. The Bertz CT molecular complexity index is 609. The molecular weight excluding hydrogens is 238 g/mol. The number of carbonyl (C=O) groups is 1. The number of carbonyl (C=O) groups excluding carboxylic acids is 1. The lowest BCUT2D eigenvalue weighted by Gasteiger charge is -2.07. The first kappa shape index (κ1) is 12.7. The fourth-order valence-electron chi connectivity index (χ4n) is 1.64. The zero-order valence-electron chi connectivity index (χ0n) is 10.5. The summed E-state index contributed by atoms with van der Waals surface area (Å²) in [5.41, 5.74) is 3.03. The minimum atomic E-state index is -0.107. The number of rotatable bonds is 3. The second kappa shape index (κ2) is 5.69. The molecule has 0 spiro atoms. The second-order valence-electron chi connectivity index (χ2n) is 3.97. The molecule has 0 aliphatic carbocycles. The highest BCUT2D eigenvalue weighted by atomic mass is 16.1. The van der Waals surface area contributed by atoms with Gasteiger partial charge in [0.05, 0.1) is 11.6 Å². The fourth-order valence-corrected chi connectivity index (χ4v) is 1.64. The van der Waals surface area contributed by atoms with E-state index < -0.39 is 0 Å². The smallest absolute Gasteiger partial charge is 0.251 e. The first-order chi connectivity index (χ1) is 9.22. The molecular formula is C15H13N3O. The normalized spacial score (nSPS) is 9.47. The van der Waals surface area contributed by atoms with Gasteiger partial charge in [0.15, 0.2) is 0 Å². The molecule has 0 unspecified atom stereocenters. The topological polar surface area (TPSA) is 64.9 Å². The molecule has 2 aromatic rings. The third-order valence-corrected chi connectivity index (χ3v) is 2.68. The van der Waals surface area contributed by atoms with Gasteiger partial charge in [-0.05, 0) is 48.5 Å². The molecule has 19 heavy (non-hydrogen) atoms. The summed E-state index contributed by atoms with van der Waals surface area (Å²) in [7, 11) is 1.60. The van der Waals surface area contributed by atoms with Gasteiger partial charge in [0, 0.05) is 24.0 Å². The van der Waals surface area contributed by atoms with Crippen LogP contribution in [0, 0.1) is 11.3 Å². The van der Waals surface area contributed by atoms with Crippen LogP contribution in [0.15, 0.2) is 48.5 Å². The van der Waals surface area contributed by atoms with Gasteiger partial charge in [-0.1, -0.05) is 0 Å². The molecule has 1 amide bonds. The van der Waals surface area contributed by atoms with Crippen molar-refractivity contribution in [2.24, 2.45) is 0 Å². The quantitative estimate of drug-likeness (QED) is 0.881. The molecule has 0 aliphatic rings. The van der Waals surface area contributed by atoms with Crippen LogP contribution < -0.4 is 10.6 Å². The molecule has 0 aromatic heterocycles. The summed E-state index contributed by atoms with van der Waals surface area (Å²) in [5, 5.41) is 14.5. The van der Waals surface area contributed by atoms with E-state index in [0.717, 1.165) is 11.4 Å². The van der Waals surface area contributed by atoms with E-state index in [1.54, 1.807) is 31.3 Å². The summed E-state index contributed by atoms with van der Waals surface area (Å²) in [6.07, 6.45) is 0. The summed E-state index contributed by atoms with van der Waals surface area (Å²) in [6.45, 7) is 0. The SMILES string of the molecule is CNC(=O)c1ccc(Nc2ccc(C#N)cc2)cc1. The maximum absolute atomic E-state index is 11.4. The van der Waals surface area contributed by atoms with Gasteiger partial charge in [-0.25, -0.2) is 0 Å². The van der Waals surface area contributed by atoms with Gasteiger partial charge < -0.3 is 10.6 Å². The Kier molecular flexibility index (Phi) is 3.79. The van der Waals surface area contributed by atoms with Crippen LogP contribution in [0.4, 0.5) is 11.4 Å². The molecule has 2 aromatic carbocycles. The summed E-state index contributed by atoms with van der Waals surface area (Å²) < 4.78 is 0. The van der Waals surface area contributed by atoms with E-state index in [0.29, 0.717) is 11.1 Å². The number of hydrogen-bond acceptors (Lipinski definition) is 3. The molecule has 0 bridgehead atoms. The predicted octanol–water partition coefficient (Wildman–Crippen LogP) is 2.66. The Morgan fingerprint density at radius 2 is 1.53 bits per heavy atom. The van der Waals surface area contributed by atoms with Crippen molar-refractivity contribution in [2.45, 2.75) is 0 Å². The van der Waals surface area contributed by atoms with Crippen LogP contribution in [-0.4, -0.2) is 13.0 Å². The first-order valence-electron chi connectivity index (χ1n) is 5.82. The van der Waals surface area contributed by atoms with Gasteiger partial charge in [-0.2, -0.15) is 5.26 Å². The van der Waals surface area contributed by atoms with Crippen molar-refractivity contribution >= 4 is 17.3 Å². The zero-order valence-corrected chi connectivity index (χ0v) is 10.5. The molecule has 2 rings (SSSR count). The molecule has 4 nitrogen and oxygen atoms in total. The molecule has 94 valence electrons. The maximum Gasteiger partial charge on any atom is 0.251 e. The van der Waals surface area contributed by atoms with E-state index in [9.17, 15) is 4.79 Å². The monoisotopic (exact) mass is 251 g/mol. The van der Waals surface area contributed by atoms with Gasteiger partial charge in [-0.3, -0.25) is 4.79 Å².